The highest BCUT2D eigenvalue weighted by Gasteiger charge is 2.33. The number of benzene rings is 3. The molecular formula is C31H39N3O6S. The summed E-state index contributed by atoms with van der Waals surface area (Å²) in [6, 6.07) is 19.4. The van der Waals surface area contributed by atoms with Crippen LogP contribution in [-0.2, 0) is 26.2 Å². The Hall–Kier alpha value is -4.05. The van der Waals surface area contributed by atoms with Crippen molar-refractivity contribution in [2.75, 3.05) is 25.1 Å². The Morgan fingerprint density at radius 2 is 1.59 bits per heavy atom. The van der Waals surface area contributed by atoms with Gasteiger partial charge in [-0.2, -0.15) is 0 Å². The maximum absolute atomic E-state index is 14.0. The maximum atomic E-state index is 14.0. The van der Waals surface area contributed by atoms with Crippen LogP contribution in [0.25, 0.3) is 0 Å². The van der Waals surface area contributed by atoms with E-state index in [9.17, 15) is 18.0 Å². The number of para-hydroxylation sites is 1. The number of amides is 2. The van der Waals surface area contributed by atoms with Gasteiger partial charge in [0.2, 0.25) is 11.8 Å². The van der Waals surface area contributed by atoms with Crippen molar-refractivity contribution in [2.24, 2.45) is 0 Å². The number of hydrogen-bond acceptors (Lipinski definition) is 6. The summed E-state index contributed by atoms with van der Waals surface area (Å²) in [6.45, 7) is 7.07. The predicted molar refractivity (Wildman–Crippen MR) is 160 cm³/mol. The summed E-state index contributed by atoms with van der Waals surface area (Å²) >= 11 is 0. The Balaban J connectivity index is 2.04. The molecule has 1 N–H and O–H groups in total. The molecule has 220 valence electrons. The van der Waals surface area contributed by atoms with Crippen LogP contribution in [0.15, 0.2) is 77.7 Å². The molecule has 0 aromatic heterocycles. The summed E-state index contributed by atoms with van der Waals surface area (Å²) in [7, 11) is -1.36. The van der Waals surface area contributed by atoms with E-state index in [1.54, 1.807) is 37.3 Å². The van der Waals surface area contributed by atoms with Crippen molar-refractivity contribution in [3.05, 3.63) is 83.9 Å². The number of aryl methyl sites for hydroxylation is 1. The lowest BCUT2D eigenvalue weighted by Crippen LogP contribution is -2.52. The summed E-state index contributed by atoms with van der Waals surface area (Å²) in [6.07, 6.45) is 0.732. The summed E-state index contributed by atoms with van der Waals surface area (Å²) < 4.78 is 39.7. The van der Waals surface area contributed by atoms with E-state index in [2.05, 4.69) is 5.32 Å². The van der Waals surface area contributed by atoms with Crippen LogP contribution in [0.5, 0.6) is 11.5 Å². The highest BCUT2D eigenvalue weighted by Crippen LogP contribution is 2.32. The highest BCUT2D eigenvalue weighted by atomic mass is 32.2. The number of ether oxygens (including phenoxy) is 2. The Kier molecular flexibility index (Phi) is 10.8. The van der Waals surface area contributed by atoms with Gasteiger partial charge in [0.15, 0.2) is 11.5 Å². The highest BCUT2D eigenvalue weighted by molar-refractivity contribution is 7.92. The fraction of sp³-hybridized carbons (Fsp3) is 0.355. The standard InChI is InChI=1S/C31H39N3O6S/c1-7-23(3)32-31(36)24(4)33(20-25-13-11-12-22(2)18-25)30(35)21-34(26-14-9-8-10-15-26)41(37,38)27-16-17-28(39-5)29(19-27)40-6/h8-19,23-24H,7,20-21H2,1-6H3,(H,32,36)/t23-,24-/m0/s1. The van der Waals surface area contributed by atoms with Gasteiger partial charge >= 0.3 is 0 Å². The van der Waals surface area contributed by atoms with Crippen LogP contribution in [0.3, 0.4) is 0 Å². The van der Waals surface area contributed by atoms with Crippen LogP contribution in [0.2, 0.25) is 0 Å². The number of sulfonamides is 1. The third-order valence-electron chi connectivity index (χ3n) is 6.87. The first-order valence-corrected chi connectivity index (χ1v) is 14.9. The van der Waals surface area contributed by atoms with E-state index < -0.39 is 28.5 Å². The van der Waals surface area contributed by atoms with E-state index in [1.165, 1.54) is 37.3 Å². The van der Waals surface area contributed by atoms with Crippen molar-refractivity contribution >= 4 is 27.5 Å². The number of rotatable bonds is 13. The van der Waals surface area contributed by atoms with Crippen molar-refractivity contribution < 1.29 is 27.5 Å². The van der Waals surface area contributed by atoms with Crippen LogP contribution >= 0.6 is 0 Å². The average Bonchev–Trinajstić information content (AvgIpc) is 2.97. The lowest BCUT2D eigenvalue weighted by atomic mass is 10.1. The molecule has 2 amide bonds. The third-order valence-corrected chi connectivity index (χ3v) is 8.64. The number of methoxy groups -OCH3 is 2. The number of anilines is 1. The van der Waals surface area contributed by atoms with Gasteiger partial charge in [0, 0.05) is 18.7 Å². The van der Waals surface area contributed by atoms with Gasteiger partial charge in [-0.25, -0.2) is 8.42 Å². The van der Waals surface area contributed by atoms with Crippen molar-refractivity contribution in [3.8, 4) is 11.5 Å². The molecule has 3 rings (SSSR count). The fourth-order valence-electron chi connectivity index (χ4n) is 4.28. The Morgan fingerprint density at radius 1 is 0.902 bits per heavy atom. The Bertz CT molecular complexity index is 1450. The number of carbonyl (C=O) groups is 2. The molecule has 0 aliphatic carbocycles. The van der Waals surface area contributed by atoms with Crippen molar-refractivity contribution in [3.63, 3.8) is 0 Å². The van der Waals surface area contributed by atoms with E-state index in [0.29, 0.717) is 11.4 Å². The molecule has 0 aliphatic rings. The number of hydrogen-bond donors (Lipinski definition) is 1. The molecule has 0 heterocycles. The van der Waals surface area contributed by atoms with Gasteiger partial charge in [0.1, 0.15) is 12.6 Å². The van der Waals surface area contributed by atoms with Gasteiger partial charge in [0.05, 0.1) is 24.8 Å². The van der Waals surface area contributed by atoms with Gasteiger partial charge < -0.3 is 19.7 Å². The molecule has 0 bridgehead atoms. The second kappa shape index (κ2) is 14.0. The van der Waals surface area contributed by atoms with E-state index in [-0.39, 0.29) is 29.1 Å². The first-order chi connectivity index (χ1) is 19.5. The zero-order chi connectivity index (χ0) is 30.2. The summed E-state index contributed by atoms with van der Waals surface area (Å²) in [5, 5.41) is 2.94. The molecule has 0 radical (unpaired) electrons. The first-order valence-electron chi connectivity index (χ1n) is 13.5. The van der Waals surface area contributed by atoms with Crippen molar-refractivity contribution in [1.29, 1.82) is 0 Å². The van der Waals surface area contributed by atoms with Gasteiger partial charge in [0.25, 0.3) is 10.0 Å². The molecule has 0 spiro atoms. The summed E-state index contributed by atoms with van der Waals surface area (Å²) in [4.78, 5) is 28.5. The van der Waals surface area contributed by atoms with Gasteiger partial charge in [-0.1, -0.05) is 55.0 Å². The van der Waals surface area contributed by atoms with Crippen LogP contribution < -0.4 is 19.1 Å². The normalized spacial score (nSPS) is 12.6. The number of carbonyl (C=O) groups excluding carboxylic acids is 2. The van der Waals surface area contributed by atoms with Crippen LogP contribution in [0, 0.1) is 6.92 Å². The van der Waals surface area contributed by atoms with E-state index in [1.807, 2.05) is 45.0 Å². The minimum atomic E-state index is -4.24. The second-order valence-electron chi connectivity index (χ2n) is 9.87. The van der Waals surface area contributed by atoms with E-state index in [4.69, 9.17) is 9.47 Å². The second-order valence-corrected chi connectivity index (χ2v) is 11.7. The molecule has 0 saturated carbocycles. The van der Waals surface area contributed by atoms with E-state index in [0.717, 1.165) is 21.9 Å². The van der Waals surface area contributed by atoms with Crippen LogP contribution in [-0.4, -0.2) is 58.0 Å². The minimum absolute atomic E-state index is 0.0698. The molecule has 41 heavy (non-hydrogen) atoms. The minimum Gasteiger partial charge on any atom is -0.493 e. The summed E-state index contributed by atoms with van der Waals surface area (Å²) in [5.74, 6) is -0.218. The van der Waals surface area contributed by atoms with Gasteiger partial charge in [-0.15, -0.1) is 0 Å². The molecule has 0 unspecified atom stereocenters. The SMILES string of the molecule is CC[C@H](C)NC(=O)[C@H](C)N(Cc1cccc(C)c1)C(=O)CN(c1ccccc1)S(=O)(=O)c1ccc(OC)c(OC)c1. The van der Waals surface area contributed by atoms with Gasteiger partial charge in [-0.05, 0) is 57.0 Å². The lowest BCUT2D eigenvalue weighted by molar-refractivity contribution is -0.139. The molecule has 2 atom stereocenters. The Morgan fingerprint density at radius 3 is 2.20 bits per heavy atom. The van der Waals surface area contributed by atoms with Crippen LogP contribution in [0.1, 0.15) is 38.3 Å². The zero-order valence-electron chi connectivity index (χ0n) is 24.5. The molecule has 3 aromatic rings. The Labute approximate surface area is 243 Å². The fourth-order valence-corrected chi connectivity index (χ4v) is 5.71. The predicted octanol–water partition coefficient (Wildman–Crippen LogP) is 4.54. The molecule has 0 saturated heterocycles. The quantitative estimate of drug-likeness (QED) is 0.318. The van der Waals surface area contributed by atoms with Gasteiger partial charge in [-0.3, -0.25) is 13.9 Å². The number of nitrogens with one attached hydrogen (secondary N) is 1. The monoisotopic (exact) mass is 581 g/mol. The van der Waals surface area contributed by atoms with Crippen LogP contribution in [0.4, 0.5) is 5.69 Å². The molecule has 3 aromatic carbocycles. The molecule has 10 heteroatoms. The smallest absolute Gasteiger partial charge is 0.264 e. The van der Waals surface area contributed by atoms with Crippen molar-refractivity contribution in [2.45, 2.75) is 57.6 Å². The largest absolute Gasteiger partial charge is 0.493 e. The zero-order valence-corrected chi connectivity index (χ0v) is 25.3. The number of nitrogens with zero attached hydrogens (tertiary/aromatic N) is 2. The van der Waals surface area contributed by atoms with Crippen molar-refractivity contribution in [1.82, 2.24) is 10.2 Å². The topological polar surface area (TPSA) is 105 Å². The molecule has 0 fully saturated rings. The van der Waals surface area contributed by atoms with E-state index >= 15 is 0 Å². The molecule has 9 nitrogen and oxygen atoms in total. The summed E-state index contributed by atoms with van der Waals surface area (Å²) in [5.41, 5.74) is 2.15. The first kappa shape index (κ1) is 31.5. The lowest BCUT2D eigenvalue weighted by Gasteiger charge is -2.32. The maximum Gasteiger partial charge on any atom is 0.264 e. The third kappa shape index (κ3) is 7.79. The molecule has 0 aliphatic heterocycles. The molecular weight excluding hydrogens is 542 g/mol. The average molecular weight is 582 g/mol.